The lowest BCUT2D eigenvalue weighted by atomic mass is 10.2. The summed E-state index contributed by atoms with van der Waals surface area (Å²) < 4.78 is 12.5. The van der Waals surface area contributed by atoms with Crippen molar-refractivity contribution in [1.29, 1.82) is 0 Å². The Kier molecular flexibility index (Phi) is 4.75. The van der Waals surface area contributed by atoms with Crippen LogP contribution >= 0.6 is 23.2 Å². The van der Waals surface area contributed by atoms with Crippen LogP contribution in [-0.4, -0.2) is 23.2 Å². The Labute approximate surface area is 132 Å². The van der Waals surface area contributed by atoms with Crippen molar-refractivity contribution in [1.82, 2.24) is 9.78 Å². The van der Waals surface area contributed by atoms with E-state index < -0.39 is 0 Å². The molecule has 0 radical (unpaired) electrons. The normalized spacial score (nSPS) is 10.5. The van der Waals surface area contributed by atoms with Gasteiger partial charge in [-0.05, 0) is 13.0 Å². The maximum atomic E-state index is 11.2. The Bertz CT molecular complexity index is 683. The van der Waals surface area contributed by atoms with Crippen molar-refractivity contribution in [3.63, 3.8) is 0 Å². The van der Waals surface area contributed by atoms with Gasteiger partial charge in [-0.15, -0.1) is 0 Å². The monoisotopic (exact) mass is 328 g/mol. The van der Waals surface area contributed by atoms with Crippen LogP contribution in [0.1, 0.15) is 21.6 Å². The molecule has 0 saturated carbocycles. The molecule has 0 fully saturated rings. The number of aromatic nitrogens is 2. The van der Waals surface area contributed by atoms with Gasteiger partial charge in [-0.2, -0.15) is 5.10 Å². The van der Waals surface area contributed by atoms with Crippen LogP contribution in [0.2, 0.25) is 10.2 Å². The molecule has 112 valence electrons. The first-order chi connectivity index (χ1) is 9.97. The van der Waals surface area contributed by atoms with E-state index in [9.17, 15) is 4.79 Å². The molecule has 0 aliphatic heterocycles. The minimum Gasteiger partial charge on any atom is -0.493 e. The molecule has 0 N–H and O–H groups in total. The summed E-state index contributed by atoms with van der Waals surface area (Å²) in [7, 11) is 3.23. The first-order valence-electron chi connectivity index (χ1n) is 6.11. The lowest BCUT2D eigenvalue weighted by Crippen LogP contribution is -2.02. The molecule has 0 aliphatic carbocycles. The van der Waals surface area contributed by atoms with Crippen molar-refractivity contribution in [2.24, 2.45) is 7.05 Å². The average molecular weight is 329 g/mol. The van der Waals surface area contributed by atoms with Gasteiger partial charge in [-0.25, -0.2) is 0 Å². The van der Waals surface area contributed by atoms with Gasteiger partial charge in [0.2, 0.25) is 0 Å². The first-order valence-corrected chi connectivity index (χ1v) is 6.87. The quantitative estimate of drug-likeness (QED) is 0.789. The van der Waals surface area contributed by atoms with Gasteiger partial charge in [-0.3, -0.25) is 9.48 Å². The average Bonchev–Trinajstić information content (AvgIpc) is 2.70. The summed E-state index contributed by atoms with van der Waals surface area (Å²) in [5.74, 6) is 0.721. The SMILES string of the molecule is COc1cc(Cl)cc(C=O)c1OCc1c(C)nn(C)c1Cl. The number of hydrogen-bond acceptors (Lipinski definition) is 4. The smallest absolute Gasteiger partial charge is 0.172 e. The number of aryl methyl sites for hydroxylation is 2. The number of carbonyl (C=O) groups is 1. The summed E-state index contributed by atoms with van der Waals surface area (Å²) >= 11 is 12.1. The van der Waals surface area contributed by atoms with E-state index in [1.54, 1.807) is 17.8 Å². The van der Waals surface area contributed by atoms with Crippen LogP contribution in [0, 0.1) is 6.92 Å². The van der Waals surface area contributed by atoms with E-state index in [-0.39, 0.29) is 6.61 Å². The minimum atomic E-state index is 0.178. The van der Waals surface area contributed by atoms with Crippen molar-refractivity contribution >= 4 is 29.5 Å². The fraction of sp³-hybridized carbons (Fsp3) is 0.286. The summed E-state index contributed by atoms with van der Waals surface area (Å²) in [5.41, 5.74) is 1.84. The molecule has 0 atom stereocenters. The van der Waals surface area contributed by atoms with E-state index in [1.807, 2.05) is 6.92 Å². The predicted molar refractivity (Wildman–Crippen MR) is 80.7 cm³/mol. The minimum absolute atomic E-state index is 0.178. The second-order valence-electron chi connectivity index (χ2n) is 4.41. The summed E-state index contributed by atoms with van der Waals surface area (Å²) in [4.78, 5) is 11.2. The molecule has 1 aromatic carbocycles. The van der Waals surface area contributed by atoms with E-state index >= 15 is 0 Å². The van der Waals surface area contributed by atoms with E-state index in [2.05, 4.69) is 5.10 Å². The molecule has 0 aliphatic rings. The molecule has 0 saturated heterocycles. The van der Waals surface area contributed by atoms with E-state index in [0.29, 0.717) is 33.5 Å². The predicted octanol–water partition coefficient (Wildman–Crippen LogP) is 3.44. The van der Waals surface area contributed by atoms with Crippen LogP contribution in [-0.2, 0) is 13.7 Å². The van der Waals surface area contributed by atoms with Gasteiger partial charge in [0.15, 0.2) is 17.8 Å². The zero-order valence-electron chi connectivity index (χ0n) is 11.8. The molecule has 1 heterocycles. The Hall–Kier alpha value is -1.72. The largest absolute Gasteiger partial charge is 0.493 e. The number of hydrogen-bond donors (Lipinski definition) is 0. The Morgan fingerprint density at radius 1 is 1.38 bits per heavy atom. The molecule has 5 nitrogen and oxygen atoms in total. The number of halogens is 2. The maximum absolute atomic E-state index is 11.2. The highest BCUT2D eigenvalue weighted by Gasteiger charge is 2.16. The fourth-order valence-corrected chi connectivity index (χ4v) is 2.41. The number of methoxy groups -OCH3 is 1. The molecule has 7 heteroatoms. The molecule has 21 heavy (non-hydrogen) atoms. The van der Waals surface area contributed by atoms with Crippen molar-refractivity contribution in [3.05, 3.63) is 39.1 Å². The Morgan fingerprint density at radius 2 is 2.10 bits per heavy atom. The van der Waals surface area contributed by atoms with Crippen molar-refractivity contribution in [2.75, 3.05) is 7.11 Å². The highest BCUT2D eigenvalue weighted by atomic mass is 35.5. The molecule has 2 rings (SSSR count). The third-order valence-electron chi connectivity index (χ3n) is 3.03. The zero-order valence-corrected chi connectivity index (χ0v) is 13.3. The van der Waals surface area contributed by atoms with Crippen LogP contribution in [0.15, 0.2) is 12.1 Å². The molecule has 0 amide bonds. The highest BCUT2D eigenvalue weighted by molar-refractivity contribution is 6.31. The third-order valence-corrected chi connectivity index (χ3v) is 3.72. The molecule has 0 bridgehead atoms. The standard InChI is InChI=1S/C14H14Cl2N2O3/c1-8-11(14(16)18(2)17-8)7-21-13-9(6-19)4-10(15)5-12(13)20-3/h4-6H,7H2,1-3H3. The Morgan fingerprint density at radius 3 is 2.62 bits per heavy atom. The fourth-order valence-electron chi connectivity index (χ4n) is 1.96. The van der Waals surface area contributed by atoms with Crippen molar-refractivity contribution < 1.29 is 14.3 Å². The van der Waals surface area contributed by atoms with E-state index in [4.69, 9.17) is 32.7 Å². The third kappa shape index (κ3) is 3.14. The van der Waals surface area contributed by atoms with Crippen LogP contribution < -0.4 is 9.47 Å². The number of aldehydes is 1. The number of ether oxygens (including phenoxy) is 2. The molecular weight excluding hydrogens is 315 g/mol. The molecular formula is C14H14Cl2N2O3. The topological polar surface area (TPSA) is 53.4 Å². The van der Waals surface area contributed by atoms with Gasteiger partial charge in [0.1, 0.15) is 11.8 Å². The highest BCUT2D eigenvalue weighted by Crippen LogP contribution is 2.35. The lowest BCUT2D eigenvalue weighted by Gasteiger charge is -2.13. The van der Waals surface area contributed by atoms with Crippen LogP contribution in [0.5, 0.6) is 11.5 Å². The maximum Gasteiger partial charge on any atom is 0.172 e. The molecule has 0 spiro atoms. The second kappa shape index (κ2) is 6.37. The molecule has 0 unspecified atom stereocenters. The first kappa shape index (κ1) is 15.7. The lowest BCUT2D eigenvalue weighted by molar-refractivity contribution is 0.111. The van der Waals surface area contributed by atoms with Gasteiger partial charge >= 0.3 is 0 Å². The van der Waals surface area contributed by atoms with Gasteiger partial charge < -0.3 is 9.47 Å². The number of benzene rings is 1. The van der Waals surface area contributed by atoms with Gasteiger partial charge in [0.25, 0.3) is 0 Å². The summed E-state index contributed by atoms with van der Waals surface area (Å²) in [6.45, 7) is 2.02. The Balaban J connectivity index is 2.33. The van der Waals surface area contributed by atoms with Crippen LogP contribution in [0.3, 0.4) is 0 Å². The number of nitrogens with zero attached hydrogens (tertiary/aromatic N) is 2. The van der Waals surface area contributed by atoms with E-state index in [0.717, 1.165) is 11.3 Å². The summed E-state index contributed by atoms with van der Waals surface area (Å²) in [5, 5.41) is 5.10. The van der Waals surface area contributed by atoms with Crippen LogP contribution in [0.25, 0.3) is 0 Å². The van der Waals surface area contributed by atoms with Gasteiger partial charge in [-0.1, -0.05) is 23.2 Å². The van der Waals surface area contributed by atoms with Gasteiger partial charge in [0, 0.05) is 23.7 Å². The zero-order chi connectivity index (χ0) is 15.6. The van der Waals surface area contributed by atoms with Crippen molar-refractivity contribution in [2.45, 2.75) is 13.5 Å². The second-order valence-corrected chi connectivity index (χ2v) is 5.21. The number of carbonyl (C=O) groups excluding carboxylic acids is 1. The van der Waals surface area contributed by atoms with Gasteiger partial charge in [0.05, 0.1) is 18.4 Å². The summed E-state index contributed by atoms with van der Waals surface area (Å²) in [6, 6.07) is 3.10. The number of rotatable bonds is 5. The molecule has 1 aromatic heterocycles. The van der Waals surface area contributed by atoms with Crippen LogP contribution in [0.4, 0.5) is 0 Å². The summed E-state index contributed by atoms with van der Waals surface area (Å²) in [6.07, 6.45) is 0.668. The van der Waals surface area contributed by atoms with E-state index in [1.165, 1.54) is 13.2 Å². The molecule has 2 aromatic rings. The van der Waals surface area contributed by atoms with Crippen molar-refractivity contribution in [3.8, 4) is 11.5 Å².